The summed E-state index contributed by atoms with van der Waals surface area (Å²) in [6, 6.07) is 16.5. The fourth-order valence-electron chi connectivity index (χ4n) is 8.31. The molecule has 0 fully saturated rings. The molecule has 19 nitrogen and oxygen atoms in total. The lowest BCUT2D eigenvalue weighted by Gasteiger charge is -2.24. The number of benzene rings is 5. The van der Waals surface area contributed by atoms with Gasteiger partial charge >= 0.3 is 24.0 Å². The Morgan fingerprint density at radius 2 is 1.29 bits per heavy atom. The number of hydrogen-bond donors (Lipinski definition) is 5. The van der Waals surface area contributed by atoms with Crippen LogP contribution in [0.1, 0.15) is 47.2 Å². The first-order valence-electron chi connectivity index (χ1n) is 21.8. The fraction of sp³-hybridized carbons (Fsp3) is 0.286. The molecule has 0 bridgehead atoms. The van der Waals surface area contributed by atoms with E-state index in [0.29, 0.717) is 33.6 Å². The van der Waals surface area contributed by atoms with Crippen LogP contribution < -0.4 is 21.3 Å². The van der Waals surface area contributed by atoms with E-state index in [-0.39, 0.29) is 74.5 Å². The Labute approximate surface area is 405 Å². The normalized spacial score (nSPS) is 11.9. The Balaban J connectivity index is 1.57. The fourth-order valence-corrected chi connectivity index (χ4v) is 9.98. The van der Waals surface area contributed by atoms with Crippen LogP contribution in [0.4, 0.5) is 38.0 Å². The van der Waals surface area contributed by atoms with Crippen molar-refractivity contribution in [2.24, 2.45) is 4.99 Å². The number of fused-ring (bicyclic) bond motifs is 2. The van der Waals surface area contributed by atoms with Crippen molar-refractivity contribution in [1.82, 2.24) is 9.80 Å². The van der Waals surface area contributed by atoms with Gasteiger partial charge in [-0.05, 0) is 119 Å². The minimum Gasteiger partial charge on any atom is -0.465 e. The Morgan fingerprint density at radius 3 is 1.89 bits per heavy atom. The molecule has 2 aliphatic rings. The lowest BCUT2D eigenvalue weighted by molar-refractivity contribution is -0.146. The number of carbonyl (C=O) groups excluding carboxylic acids is 4. The van der Waals surface area contributed by atoms with Gasteiger partial charge in [0.1, 0.15) is 34.2 Å². The van der Waals surface area contributed by atoms with Gasteiger partial charge in [0.25, 0.3) is 20.2 Å². The third-order valence-electron chi connectivity index (χ3n) is 11.4. The zero-order chi connectivity index (χ0) is 51.6. The molecule has 1 aliphatic carbocycles. The Morgan fingerprint density at radius 1 is 0.671 bits per heavy atom. The molecule has 0 aromatic heterocycles. The van der Waals surface area contributed by atoms with E-state index in [1.807, 2.05) is 26.8 Å². The number of ether oxygens (including phenoxy) is 2. The molecule has 370 valence electrons. The number of hydrogen-bond acceptors (Lipinski definition) is 13. The summed E-state index contributed by atoms with van der Waals surface area (Å²) in [7, 11) is -6.45. The number of anilines is 4. The molecule has 6 rings (SSSR count). The van der Waals surface area contributed by atoms with Crippen molar-refractivity contribution in [2.45, 2.75) is 65.2 Å². The zero-order valence-electron chi connectivity index (χ0n) is 40.2. The predicted molar refractivity (Wildman–Crippen MR) is 264 cm³/mol. The Hall–Kier alpha value is -7.33. The molecule has 70 heavy (non-hydrogen) atoms. The maximum atomic E-state index is 13.8. The van der Waals surface area contributed by atoms with Gasteiger partial charge in [0.2, 0.25) is 0 Å². The van der Waals surface area contributed by atoms with Crippen molar-refractivity contribution >= 4 is 83.6 Å². The van der Waals surface area contributed by atoms with E-state index in [0.717, 1.165) is 21.6 Å². The third kappa shape index (κ3) is 11.1. The van der Waals surface area contributed by atoms with E-state index in [9.17, 15) is 45.1 Å². The summed E-state index contributed by atoms with van der Waals surface area (Å²) in [4.78, 5) is 57.7. The first kappa shape index (κ1) is 52.0. The van der Waals surface area contributed by atoms with Gasteiger partial charge in [0, 0.05) is 59.7 Å². The Bertz CT molecular complexity index is 3350. The van der Waals surface area contributed by atoms with E-state index >= 15 is 0 Å². The minimum atomic E-state index is -4.97. The number of esters is 2. The summed E-state index contributed by atoms with van der Waals surface area (Å²) < 4.78 is 89.2. The quantitative estimate of drug-likeness (QED) is 0.0389. The van der Waals surface area contributed by atoms with Crippen molar-refractivity contribution in [1.29, 1.82) is 0 Å². The molecule has 21 heteroatoms. The molecule has 0 saturated heterocycles. The van der Waals surface area contributed by atoms with Crippen LogP contribution in [0.2, 0.25) is 0 Å². The van der Waals surface area contributed by atoms with Gasteiger partial charge in [-0.1, -0.05) is 24.3 Å². The van der Waals surface area contributed by atoms with Gasteiger partial charge in [-0.2, -0.15) is 16.8 Å². The van der Waals surface area contributed by atoms with E-state index in [1.165, 1.54) is 36.9 Å². The second-order valence-electron chi connectivity index (χ2n) is 16.6. The molecule has 0 saturated carbocycles. The minimum absolute atomic E-state index is 0.00303. The van der Waals surface area contributed by atoms with Crippen LogP contribution in [-0.4, -0.2) is 100 Å². The summed E-state index contributed by atoms with van der Waals surface area (Å²) in [6.07, 6.45) is 0. The first-order valence-corrected chi connectivity index (χ1v) is 24.7. The van der Waals surface area contributed by atoms with Crippen LogP contribution in [0.3, 0.4) is 0 Å². The molecule has 4 amide bonds. The standard InChI is InChI=1S/C49H54N6O13S2/c1-11-66-40(56)24-55(25-41(57)67-12-2)49(59)53-46-29(6)45(30(7)47(31(46)8)70(63,64)65)51-33-18-20-35-38(23-33)68-37-22-32(17-19-34(37)42(35)36-15-13-14-16-39(36)69(60,61)62)50-43-26(3)21-27(4)44(28(43)5)52-48(58)54(9)10/h13-23,50H,11-12,24-25H2,1-10H3,(H,52,58)(H,53,59)(H,60,61,62)(H,63,64,65)/b51-33+. The highest BCUT2D eigenvalue weighted by Gasteiger charge is 2.29. The molecular formula is C49H54N6O13S2. The second kappa shape index (κ2) is 20.7. The molecule has 4 aromatic rings. The average Bonchev–Trinajstić information content (AvgIpc) is 3.27. The van der Waals surface area contributed by atoms with E-state index in [1.54, 1.807) is 77.3 Å². The van der Waals surface area contributed by atoms with Crippen molar-refractivity contribution < 1.29 is 59.0 Å². The van der Waals surface area contributed by atoms with Crippen LogP contribution in [-0.2, 0) is 39.3 Å². The SMILES string of the molecule is CCOC(=O)CN(CC(=O)OCC)C(=O)Nc1c(C)c(/N=c2\ccc3c(-c4ccccc4S(=O)(=O)O)c4ccc(Nc5c(C)cc(C)c(NC(=O)N(C)C)c5C)cc4oc-3c2)c(C)c(S(=O)(=O)O)c1C. The smallest absolute Gasteiger partial charge is 0.325 e. The zero-order valence-corrected chi connectivity index (χ0v) is 41.9. The van der Waals surface area contributed by atoms with Crippen molar-refractivity contribution in [3.63, 3.8) is 0 Å². The first-order chi connectivity index (χ1) is 32.9. The lowest BCUT2D eigenvalue weighted by Crippen LogP contribution is -2.43. The van der Waals surface area contributed by atoms with E-state index < -0.39 is 56.2 Å². The number of amides is 4. The van der Waals surface area contributed by atoms with Gasteiger partial charge in [-0.15, -0.1) is 0 Å². The summed E-state index contributed by atoms with van der Waals surface area (Å²) in [6.45, 7) is 11.9. The summed E-state index contributed by atoms with van der Waals surface area (Å²) in [5, 5.41) is 9.67. The maximum absolute atomic E-state index is 13.8. The van der Waals surface area contributed by atoms with Gasteiger partial charge in [0.15, 0.2) is 0 Å². The molecule has 0 atom stereocenters. The van der Waals surface area contributed by atoms with Crippen LogP contribution >= 0.6 is 0 Å². The largest absolute Gasteiger partial charge is 0.465 e. The highest BCUT2D eigenvalue weighted by atomic mass is 32.2. The molecule has 1 aliphatic heterocycles. The summed E-state index contributed by atoms with van der Waals surface area (Å²) >= 11 is 0. The van der Waals surface area contributed by atoms with Gasteiger partial charge in [0.05, 0.1) is 35.6 Å². The number of aryl methyl sites for hydroxylation is 2. The molecule has 0 radical (unpaired) electrons. The highest BCUT2D eigenvalue weighted by Crippen LogP contribution is 2.44. The molecule has 0 spiro atoms. The van der Waals surface area contributed by atoms with Gasteiger partial charge in [-0.3, -0.25) is 18.7 Å². The number of carbonyl (C=O) groups is 4. The van der Waals surface area contributed by atoms with Crippen molar-refractivity contribution in [3.05, 3.63) is 105 Å². The summed E-state index contributed by atoms with van der Waals surface area (Å²) in [5.74, 6) is -1.46. The van der Waals surface area contributed by atoms with Crippen LogP contribution in [0, 0.1) is 41.5 Å². The maximum Gasteiger partial charge on any atom is 0.325 e. The van der Waals surface area contributed by atoms with Crippen LogP contribution in [0.25, 0.3) is 33.4 Å². The second-order valence-corrected chi connectivity index (χ2v) is 19.3. The van der Waals surface area contributed by atoms with Gasteiger partial charge < -0.3 is 39.6 Å². The van der Waals surface area contributed by atoms with Crippen LogP contribution in [0.5, 0.6) is 0 Å². The summed E-state index contributed by atoms with van der Waals surface area (Å²) in [5.41, 5.74) is 5.76. The highest BCUT2D eigenvalue weighted by molar-refractivity contribution is 7.86. The number of nitrogens with zero attached hydrogens (tertiary/aromatic N) is 3. The average molecular weight is 999 g/mol. The molecule has 4 aromatic carbocycles. The molecule has 1 heterocycles. The van der Waals surface area contributed by atoms with Crippen molar-refractivity contribution in [2.75, 3.05) is 56.3 Å². The molecule has 5 N–H and O–H groups in total. The Kier molecular flexibility index (Phi) is 15.4. The van der Waals surface area contributed by atoms with E-state index in [2.05, 4.69) is 16.0 Å². The number of nitrogens with one attached hydrogen (secondary N) is 3. The topological polar surface area (TPSA) is 264 Å². The van der Waals surface area contributed by atoms with Crippen molar-refractivity contribution in [3.8, 4) is 22.5 Å². The van der Waals surface area contributed by atoms with E-state index in [4.69, 9.17) is 18.9 Å². The monoisotopic (exact) mass is 998 g/mol. The number of rotatable bonds is 14. The number of urea groups is 2. The third-order valence-corrected chi connectivity index (χ3v) is 13.5. The lowest BCUT2D eigenvalue weighted by atomic mass is 9.93. The molecule has 0 unspecified atom stereocenters. The van der Waals surface area contributed by atoms with Crippen LogP contribution in [0.15, 0.2) is 85.9 Å². The predicted octanol–water partition coefficient (Wildman–Crippen LogP) is 8.58. The van der Waals surface area contributed by atoms with Gasteiger partial charge in [-0.25, -0.2) is 14.6 Å². The molecular weight excluding hydrogens is 945 g/mol.